The lowest BCUT2D eigenvalue weighted by molar-refractivity contribution is -0.385. The number of aliphatic hydroxyl groups excluding tert-OH is 1. The van der Waals surface area contributed by atoms with Crippen LogP contribution >= 0.6 is 23.5 Å². The van der Waals surface area contributed by atoms with Crippen LogP contribution in [0.5, 0.6) is 0 Å². The Hall–Kier alpha value is -5.47. The Morgan fingerprint density at radius 2 is 1.54 bits per heavy atom. The summed E-state index contributed by atoms with van der Waals surface area (Å²) in [6, 6.07) is 11.7. The summed E-state index contributed by atoms with van der Waals surface area (Å²) in [5.74, 6) is -1.53. The molecule has 6 atom stereocenters. The SMILES string of the molecule is C[C@@H](O)[C@H]1C(=O)N2C(C(=O)OCc3ccc([N+](=O)[O-])cc3)=C(S[C@H]3C[C@@H](CSc4nc(N)cc(N)n4)N(C(=O)OCc4ccc([N+](=O)[O-])cc4)C3)[C@H](C)[C@H]12. The van der Waals surface area contributed by atoms with Crippen molar-refractivity contribution in [3.63, 3.8) is 0 Å². The van der Waals surface area contributed by atoms with Crippen molar-refractivity contribution in [3.05, 3.63) is 96.6 Å². The van der Waals surface area contributed by atoms with Crippen LogP contribution in [0, 0.1) is 32.1 Å². The number of β-lactam (4-membered cyclic amide) rings is 1. The number of benzene rings is 2. The van der Waals surface area contributed by atoms with Crippen LogP contribution in [0.15, 0.2) is 70.4 Å². The van der Waals surface area contributed by atoms with E-state index in [1.807, 2.05) is 6.92 Å². The molecule has 2 fully saturated rings. The number of nitrogens with two attached hydrogens (primary N) is 2. The van der Waals surface area contributed by atoms with E-state index in [4.69, 9.17) is 20.9 Å². The Morgan fingerprint density at radius 3 is 2.07 bits per heavy atom. The third-order valence-corrected chi connectivity index (χ3v) is 11.9. The molecule has 2 amide bonds. The molecule has 0 bridgehead atoms. The van der Waals surface area contributed by atoms with Gasteiger partial charge in [-0.05, 0) is 48.7 Å². The van der Waals surface area contributed by atoms with Gasteiger partial charge in [-0.3, -0.25) is 25.0 Å². The number of fused-ring (bicyclic) bond motifs is 1. The largest absolute Gasteiger partial charge is 0.456 e. The molecule has 0 saturated carbocycles. The zero-order chi connectivity index (χ0) is 38.8. The molecule has 18 nitrogen and oxygen atoms in total. The molecule has 5 N–H and O–H groups in total. The second-order valence-electron chi connectivity index (χ2n) is 13.0. The highest BCUT2D eigenvalue weighted by molar-refractivity contribution is 8.03. The number of amides is 2. The van der Waals surface area contributed by atoms with E-state index in [0.29, 0.717) is 33.4 Å². The van der Waals surface area contributed by atoms with Crippen LogP contribution in [0.2, 0.25) is 0 Å². The molecule has 284 valence electrons. The predicted molar refractivity (Wildman–Crippen MR) is 196 cm³/mol. The molecule has 54 heavy (non-hydrogen) atoms. The van der Waals surface area contributed by atoms with Crippen LogP contribution in [-0.2, 0) is 32.3 Å². The molecule has 2 aromatic carbocycles. The molecule has 20 heteroatoms. The number of likely N-dealkylation sites (tertiary alicyclic amines) is 1. The third kappa shape index (κ3) is 8.04. The van der Waals surface area contributed by atoms with Gasteiger partial charge < -0.3 is 35.8 Å². The number of carbonyl (C=O) groups excluding carboxylic acids is 3. The van der Waals surface area contributed by atoms with Crippen molar-refractivity contribution >= 4 is 64.5 Å². The Kier molecular flexibility index (Phi) is 11.2. The Morgan fingerprint density at radius 1 is 0.981 bits per heavy atom. The smallest absolute Gasteiger partial charge is 0.410 e. The summed E-state index contributed by atoms with van der Waals surface area (Å²) in [7, 11) is 0. The maximum absolute atomic E-state index is 13.7. The van der Waals surface area contributed by atoms with Gasteiger partial charge in [0.05, 0.1) is 27.9 Å². The maximum Gasteiger partial charge on any atom is 0.410 e. The summed E-state index contributed by atoms with van der Waals surface area (Å²) in [5, 5.41) is 32.6. The first-order chi connectivity index (χ1) is 25.7. The first-order valence-corrected chi connectivity index (χ1v) is 18.6. The number of aromatic nitrogens is 2. The zero-order valence-electron chi connectivity index (χ0n) is 29.0. The molecule has 0 radical (unpaired) electrons. The summed E-state index contributed by atoms with van der Waals surface area (Å²) >= 11 is 2.60. The predicted octanol–water partition coefficient (Wildman–Crippen LogP) is 3.87. The van der Waals surface area contributed by atoms with E-state index in [-0.39, 0.29) is 59.6 Å². The standard InChI is InChI=1S/C34H36N8O10S2/c1-17-28-27(18(2)43)31(44)40(28)29(32(45)51-14-19-3-7-21(8-4-19)41(47)48)30(17)54-24-11-23(16-53-33-37-25(35)12-26(36)38-33)39(13-24)34(46)52-15-20-5-9-22(10-6-20)42(49)50/h3-10,12,17-18,23-24,27-28,43H,11,13-16H2,1-2H3,(H4,35,36,37,38)/t17-,18-,23+,24+,27-,28-/m1/s1. The van der Waals surface area contributed by atoms with Crippen LogP contribution in [0.3, 0.4) is 0 Å². The van der Waals surface area contributed by atoms with E-state index in [9.17, 15) is 39.7 Å². The fourth-order valence-electron chi connectivity index (χ4n) is 6.76. The Bertz CT molecular complexity index is 1980. The van der Waals surface area contributed by atoms with Crippen molar-refractivity contribution in [1.82, 2.24) is 19.8 Å². The topological polar surface area (TPSA) is 260 Å². The lowest BCUT2D eigenvalue weighted by Crippen LogP contribution is -2.63. The second-order valence-corrected chi connectivity index (χ2v) is 15.4. The molecule has 0 aliphatic carbocycles. The van der Waals surface area contributed by atoms with Crippen LogP contribution in [0.4, 0.5) is 27.8 Å². The molecular weight excluding hydrogens is 745 g/mol. The van der Waals surface area contributed by atoms with E-state index < -0.39 is 51.9 Å². The summed E-state index contributed by atoms with van der Waals surface area (Å²) < 4.78 is 11.3. The van der Waals surface area contributed by atoms with E-state index >= 15 is 0 Å². The maximum atomic E-state index is 13.7. The number of nitro benzene ring substituents is 2. The van der Waals surface area contributed by atoms with Gasteiger partial charge in [0.15, 0.2) is 5.16 Å². The molecule has 3 aliphatic rings. The molecule has 3 aromatic rings. The van der Waals surface area contributed by atoms with Crippen molar-refractivity contribution < 1.29 is 38.8 Å². The zero-order valence-corrected chi connectivity index (χ0v) is 30.6. The van der Waals surface area contributed by atoms with Gasteiger partial charge in [-0.2, -0.15) is 0 Å². The molecular formula is C34H36N8O10S2. The number of thioether (sulfide) groups is 2. The number of nitrogen functional groups attached to an aromatic ring is 2. The number of esters is 1. The number of anilines is 2. The first-order valence-electron chi connectivity index (χ1n) is 16.7. The number of carbonyl (C=O) groups is 3. The minimum Gasteiger partial charge on any atom is -0.456 e. The summed E-state index contributed by atoms with van der Waals surface area (Å²) in [6.07, 6.45) is -1.14. The normalized spacial score (nSPS) is 22.4. The van der Waals surface area contributed by atoms with Gasteiger partial charge in [0.25, 0.3) is 11.4 Å². The van der Waals surface area contributed by atoms with Gasteiger partial charge in [-0.15, -0.1) is 11.8 Å². The van der Waals surface area contributed by atoms with Crippen molar-refractivity contribution in [2.75, 3.05) is 23.8 Å². The van der Waals surface area contributed by atoms with Gasteiger partial charge in [-0.1, -0.05) is 18.7 Å². The van der Waals surface area contributed by atoms with Crippen LogP contribution < -0.4 is 11.5 Å². The quantitative estimate of drug-likeness (QED) is 0.0555. The number of nitro groups is 2. The Balaban J connectivity index is 1.22. The molecule has 3 aliphatic heterocycles. The van der Waals surface area contributed by atoms with Gasteiger partial charge in [0.2, 0.25) is 5.91 Å². The van der Waals surface area contributed by atoms with Gasteiger partial charge >= 0.3 is 12.1 Å². The number of ether oxygens (including phenoxy) is 2. The molecule has 4 heterocycles. The van der Waals surface area contributed by atoms with Gasteiger partial charge in [0.1, 0.15) is 30.5 Å². The number of aliphatic hydroxyl groups is 1. The number of rotatable bonds is 13. The molecule has 2 saturated heterocycles. The minimum absolute atomic E-state index is 0.0649. The van der Waals surface area contributed by atoms with Crippen molar-refractivity contribution in [2.45, 2.75) is 62.1 Å². The summed E-state index contributed by atoms with van der Waals surface area (Å²) in [5.41, 5.74) is 12.6. The fourth-order valence-corrected chi connectivity index (χ4v) is 9.32. The number of hydrogen-bond donors (Lipinski definition) is 3. The van der Waals surface area contributed by atoms with Gasteiger partial charge in [-0.25, -0.2) is 19.6 Å². The van der Waals surface area contributed by atoms with E-state index in [1.165, 1.54) is 89.9 Å². The Labute approximate surface area is 316 Å². The lowest BCUT2D eigenvalue weighted by atomic mass is 9.79. The molecule has 1 aromatic heterocycles. The lowest BCUT2D eigenvalue weighted by Gasteiger charge is -2.46. The average molecular weight is 781 g/mol. The van der Waals surface area contributed by atoms with E-state index in [0.717, 1.165) is 0 Å². The molecule has 6 rings (SSSR count). The number of non-ortho nitro benzene ring substituents is 2. The minimum atomic E-state index is -0.958. The van der Waals surface area contributed by atoms with Crippen LogP contribution in [0.1, 0.15) is 31.4 Å². The highest BCUT2D eigenvalue weighted by Crippen LogP contribution is 2.52. The summed E-state index contributed by atoms with van der Waals surface area (Å²) in [6.45, 7) is 3.27. The number of nitrogens with zero attached hydrogens (tertiary/aromatic N) is 6. The average Bonchev–Trinajstić information content (AvgIpc) is 3.64. The monoisotopic (exact) mass is 780 g/mol. The van der Waals surface area contributed by atoms with Crippen LogP contribution in [-0.4, -0.2) is 88.4 Å². The highest BCUT2D eigenvalue weighted by atomic mass is 32.2. The van der Waals surface area contributed by atoms with E-state index in [2.05, 4.69) is 9.97 Å². The third-order valence-electron chi connectivity index (χ3n) is 9.38. The van der Waals surface area contributed by atoms with Gasteiger partial charge in [0, 0.05) is 64.7 Å². The number of hydrogen-bond acceptors (Lipinski definition) is 16. The fraction of sp³-hybridized carbons (Fsp3) is 0.382. The second kappa shape index (κ2) is 15.9. The van der Waals surface area contributed by atoms with E-state index in [1.54, 1.807) is 4.90 Å². The van der Waals surface area contributed by atoms with Crippen molar-refractivity contribution in [1.29, 1.82) is 0 Å². The highest BCUT2D eigenvalue weighted by Gasteiger charge is 2.60. The molecule has 0 unspecified atom stereocenters. The summed E-state index contributed by atoms with van der Waals surface area (Å²) in [4.78, 5) is 73.7. The van der Waals surface area contributed by atoms with Crippen molar-refractivity contribution in [2.24, 2.45) is 11.8 Å². The van der Waals surface area contributed by atoms with Crippen LogP contribution in [0.25, 0.3) is 0 Å². The molecule has 0 spiro atoms. The first kappa shape index (κ1) is 38.3. The van der Waals surface area contributed by atoms with Crippen molar-refractivity contribution in [3.8, 4) is 0 Å².